The number of nitrogens with two attached hydrogens (primary N) is 2. The van der Waals surface area contributed by atoms with E-state index in [1.807, 2.05) is 52.0 Å². The summed E-state index contributed by atoms with van der Waals surface area (Å²) in [6.07, 6.45) is 2.03. The largest absolute Gasteiger partial charge is 0.480 e. The van der Waals surface area contributed by atoms with Crippen molar-refractivity contribution in [3.63, 3.8) is 0 Å². The molecular weight excluding hydrogens is 516 g/mol. The van der Waals surface area contributed by atoms with Gasteiger partial charge in [0.15, 0.2) is 0 Å². The summed E-state index contributed by atoms with van der Waals surface area (Å²) in [6.45, 7) is 7.48. The molecule has 12 heteroatoms. The predicted octanol–water partition coefficient (Wildman–Crippen LogP) is 0.934. The van der Waals surface area contributed by atoms with Gasteiger partial charge in [-0.15, -0.1) is 0 Å². The summed E-state index contributed by atoms with van der Waals surface area (Å²) in [7, 11) is 0. The van der Waals surface area contributed by atoms with Crippen LogP contribution < -0.4 is 27.4 Å². The summed E-state index contributed by atoms with van der Waals surface area (Å²) < 4.78 is 0. The third-order valence-electron chi connectivity index (χ3n) is 6.43. The molecule has 0 spiro atoms. The van der Waals surface area contributed by atoms with Crippen molar-refractivity contribution in [3.8, 4) is 0 Å². The second kappa shape index (κ2) is 15.0. The third kappa shape index (κ3) is 9.99. The number of carbonyl (C=O) groups is 5. The Morgan fingerprint density at radius 3 is 2.02 bits per heavy atom. The highest BCUT2D eigenvalue weighted by Gasteiger charge is 2.31. The molecule has 2 aromatic rings. The maximum atomic E-state index is 13.6. The lowest BCUT2D eigenvalue weighted by Gasteiger charge is -2.25. The molecule has 0 radical (unpaired) electrons. The number of fused-ring (bicyclic) bond motifs is 1. The molecule has 0 aliphatic carbocycles. The minimum atomic E-state index is -1.26. The Morgan fingerprint density at radius 1 is 0.850 bits per heavy atom. The molecule has 0 saturated heterocycles. The number of para-hydroxylation sites is 1. The van der Waals surface area contributed by atoms with E-state index in [9.17, 15) is 29.1 Å². The summed E-state index contributed by atoms with van der Waals surface area (Å²) in [5.41, 5.74) is 12.9. The van der Waals surface area contributed by atoms with Gasteiger partial charge in [-0.2, -0.15) is 0 Å². The highest BCUT2D eigenvalue weighted by molar-refractivity contribution is 5.95. The number of carboxylic acids is 1. The molecule has 0 aliphatic rings. The van der Waals surface area contributed by atoms with Crippen molar-refractivity contribution in [3.05, 3.63) is 36.0 Å². The van der Waals surface area contributed by atoms with Crippen LogP contribution in [-0.4, -0.2) is 63.9 Å². The third-order valence-corrected chi connectivity index (χ3v) is 6.43. The number of H-pyrrole nitrogens is 1. The Bertz CT molecular complexity index is 1190. The summed E-state index contributed by atoms with van der Waals surface area (Å²) in [6, 6.07) is 3.07. The Hall–Kier alpha value is -3.93. The van der Waals surface area contributed by atoms with E-state index in [0.29, 0.717) is 6.42 Å². The number of nitrogens with one attached hydrogen (secondary N) is 4. The highest BCUT2D eigenvalue weighted by Crippen LogP contribution is 2.19. The van der Waals surface area contributed by atoms with E-state index in [4.69, 9.17) is 11.5 Å². The molecule has 1 aromatic carbocycles. The van der Waals surface area contributed by atoms with Crippen LogP contribution in [-0.2, 0) is 30.4 Å². The minimum Gasteiger partial charge on any atom is -0.480 e. The molecule has 220 valence electrons. The molecule has 0 fully saturated rings. The van der Waals surface area contributed by atoms with Crippen molar-refractivity contribution in [2.24, 2.45) is 23.3 Å². The lowest BCUT2D eigenvalue weighted by Crippen LogP contribution is -2.57. The van der Waals surface area contributed by atoms with Gasteiger partial charge in [0, 0.05) is 29.9 Å². The van der Waals surface area contributed by atoms with Crippen molar-refractivity contribution in [2.45, 2.75) is 84.0 Å². The van der Waals surface area contributed by atoms with Crippen LogP contribution in [0.4, 0.5) is 0 Å². The Balaban J connectivity index is 2.32. The normalized spacial score (nSPS) is 14.4. The van der Waals surface area contributed by atoms with Gasteiger partial charge < -0.3 is 37.5 Å². The Morgan fingerprint density at radius 2 is 1.43 bits per heavy atom. The molecule has 2 rings (SSSR count). The molecule has 12 nitrogen and oxygen atoms in total. The molecule has 1 heterocycles. The first-order valence-corrected chi connectivity index (χ1v) is 13.5. The van der Waals surface area contributed by atoms with E-state index in [0.717, 1.165) is 16.5 Å². The number of hydrogen-bond acceptors (Lipinski definition) is 6. The highest BCUT2D eigenvalue weighted by atomic mass is 16.4. The number of rotatable bonds is 16. The average Bonchev–Trinajstić information content (AvgIpc) is 3.27. The minimum absolute atomic E-state index is 0.0223. The molecule has 0 aliphatic heterocycles. The van der Waals surface area contributed by atoms with Gasteiger partial charge >= 0.3 is 5.97 Å². The fourth-order valence-corrected chi connectivity index (χ4v) is 4.42. The van der Waals surface area contributed by atoms with Gasteiger partial charge in [0.25, 0.3) is 0 Å². The van der Waals surface area contributed by atoms with Crippen molar-refractivity contribution < 1.29 is 29.1 Å². The van der Waals surface area contributed by atoms with Gasteiger partial charge in [-0.05, 0) is 42.7 Å². The number of carboxylic acid groups (broad SMARTS) is 1. The number of carbonyl (C=O) groups excluding carboxylic acids is 4. The number of benzene rings is 1. The maximum Gasteiger partial charge on any atom is 0.326 e. The van der Waals surface area contributed by atoms with Crippen molar-refractivity contribution in [1.82, 2.24) is 20.9 Å². The van der Waals surface area contributed by atoms with Crippen LogP contribution in [0.15, 0.2) is 30.5 Å². The van der Waals surface area contributed by atoms with Gasteiger partial charge in [0.05, 0.1) is 6.04 Å². The Labute approximate surface area is 234 Å². The topological polar surface area (TPSA) is 209 Å². The van der Waals surface area contributed by atoms with E-state index in [-0.39, 0.29) is 37.5 Å². The molecule has 4 atom stereocenters. The molecule has 1 aromatic heterocycles. The second-order valence-electron chi connectivity index (χ2n) is 11.0. The van der Waals surface area contributed by atoms with Crippen LogP contribution in [0.25, 0.3) is 10.9 Å². The van der Waals surface area contributed by atoms with Gasteiger partial charge in [0.2, 0.25) is 23.6 Å². The number of amides is 4. The maximum absolute atomic E-state index is 13.6. The van der Waals surface area contributed by atoms with Crippen LogP contribution in [0.2, 0.25) is 0 Å². The van der Waals surface area contributed by atoms with E-state index < -0.39 is 53.8 Å². The number of aromatic amines is 1. The number of aliphatic carboxylic acids is 1. The zero-order valence-corrected chi connectivity index (χ0v) is 23.5. The van der Waals surface area contributed by atoms with Crippen molar-refractivity contribution in [1.29, 1.82) is 0 Å². The first kappa shape index (κ1) is 32.3. The summed E-state index contributed by atoms with van der Waals surface area (Å²) in [4.78, 5) is 65.9. The lowest BCUT2D eigenvalue weighted by atomic mass is 10.0. The number of primary amides is 1. The van der Waals surface area contributed by atoms with Gasteiger partial charge in [-0.3, -0.25) is 19.2 Å². The number of hydrogen-bond donors (Lipinski definition) is 7. The standard InChI is InChI=1S/C28H42N6O6/c1-15(2)11-19(29)25(36)33-22(13-17-14-31-20-8-6-5-7-18(17)20)27(38)32-21(9-10-24(30)35)26(37)34-23(28(39)40)12-16(3)4/h5-8,14-16,19,21-23,31H,9-13,29H2,1-4H3,(H2,30,35)(H,32,38)(H,33,36)(H,34,37)(H,39,40). The summed E-state index contributed by atoms with van der Waals surface area (Å²) >= 11 is 0. The predicted molar refractivity (Wildman–Crippen MR) is 151 cm³/mol. The van der Waals surface area contributed by atoms with E-state index in [2.05, 4.69) is 20.9 Å². The molecule has 4 unspecified atom stereocenters. The summed E-state index contributed by atoms with van der Waals surface area (Å²) in [5.74, 6) is -3.75. The second-order valence-corrected chi connectivity index (χ2v) is 11.0. The molecular formula is C28H42N6O6. The zero-order valence-electron chi connectivity index (χ0n) is 23.5. The van der Waals surface area contributed by atoms with Crippen LogP contribution >= 0.6 is 0 Å². The Kier molecular flexibility index (Phi) is 12.1. The molecule has 4 amide bonds. The fourth-order valence-electron chi connectivity index (χ4n) is 4.42. The van der Waals surface area contributed by atoms with Crippen LogP contribution in [0.1, 0.15) is 58.9 Å². The van der Waals surface area contributed by atoms with Crippen LogP contribution in [0.3, 0.4) is 0 Å². The number of aromatic nitrogens is 1. The van der Waals surface area contributed by atoms with E-state index >= 15 is 0 Å². The fraction of sp³-hybridized carbons (Fsp3) is 0.536. The van der Waals surface area contributed by atoms with Gasteiger partial charge in [-0.25, -0.2) is 4.79 Å². The smallest absolute Gasteiger partial charge is 0.326 e. The summed E-state index contributed by atoms with van der Waals surface area (Å²) in [5, 5.41) is 18.2. The quantitative estimate of drug-likeness (QED) is 0.158. The van der Waals surface area contributed by atoms with Crippen molar-refractivity contribution in [2.75, 3.05) is 0 Å². The van der Waals surface area contributed by atoms with E-state index in [1.165, 1.54) is 0 Å². The first-order chi connectivity index (χ1) is 18.8. The average molecular weight is 559 g/mol. The van der Waals surface area contributed by atoms with Crippen molar-refractivity contribution >= 4 is 40.5 Å². The van der Waals surface area contributed by atoms with Crippen LogP contribution in [0, 0.1) is 11.8 Å². The zero-order chi connectivity index (χ0) is 30.0. The SMILES string of the molecule is CC(C)CC(N)C(=O)NC(Cc1c[nH]c2ccccc12)C(=O)NC(CCC(N)=O)C(=O)NC(CC(C)C)C(=O)O. The van der Waals surface area contributed by atoms with Gasteiger partial charge in [0.1, 0.15) is 18.1 Å². The van der Waals surface area contributed by atoms with Gasteiger partial charge in [-0.1, -0.05) is 45.9 Å². The molecule has 0 bridgehead atoms. The van der Waals surface area contributed by atoms with Crippen LogP contribution in [0.5, 0.6) is 0 Å². The molecule has 0 saturated carbocycles. The first-order valence-electron chi connectivity index (χ1n) is 13.5. The van der Waals surface area contributed by atoms with E-state index in [1.54, 1.807) is 6.20 Å². The monoisotopic (exact) mass is 558 g/mol. The molecule has 40 heavy (non-hydrogen) atoms. The molecule has 9 N–H and O–H groups in total. The lowest BCUT2D eigenvalue weighted by molar-refractivity contribution is -0.143.